The number of halogens is 1. The van der Waals surface area contributed by atoms with E-state index in [1.165, 1.54) is 37.4 Å². The summed E-state index contributed by atoms with van der Waals surface area (Å²) in [5.74, 6) is -1.14. The Balaban J connectivity index is 1.90. The molecule has 0 radical (unpaired) electrons. The van der Waals surface area contributed by atoms with E-state index in [9.17, 15) is 17.6 Å². The topological polar surface area (TPSA) is 84.5 Å². The first-order chi connectivity index (χ1) is 14.7. The first-order valence-electron chi connectivity index (χ1n) is 9.61. The third-order valence-corrected chi connectivity index (χ3v) is 6.11. The number of nitrogens with one attached hydrogen (secondary N) is 2. The fraction of sp³-hybridized carbons (Fsp3) is 0.174. The van der Waals surface area contributed by atoms with Crippen molar-refractivity contribution in [2.24, 2.45) is 0 Å². The Labute approximate surface area is 181 Å². The lowest BCUT2D eigenvalue weighted by Gasteiger charge is -2.14. The molecule has 6 nitrogen and oxygen atoms in total. The average molecular weight is 443 g/mol. The predicted octanol–water partition coefficient (Wildman–Crippen LogP) is 4.76. The molecular weight excluding hydrogens is 419 g/mol. The van der Waals surface area contributed by atoms with Gasteiger partial charge >= 0.3 is 0 Å². The highest BCUT2D eigenvalue weighted by Crippen LogP contribution is 2.28. The van der Waals surface area contributed by atoms with Gasteiger partial charge in [0.1, 0.15) is 16.5 Å². The molecule has 2 N–H and O–H groups in total. The third kappa shape index (κ3) is 5.21. The van der Waals surface area contributed by atoms with Crippen LogP contribution in [-0.4, -0.2) is 21.4 Å². The number of aryl methyl sites for hydroxylation is 2. The van der Waals surface area contributed by atoms with Crippen LogP contribution in [0.2, 0.25) is 0 Å². The molecule has 0 fully saturated rings. The number of rotatable bonds is 7. The SMILES string of the molecule is CCc1ccc(NS(=O)(=O)c2cc(C(=O)Nc3ccc(C)cc3F)ccc2OC)cc1. The first kappa shape index (κ1) is 22.3. The summed E-state index contributed by atoms with van der Waals surface area (Å²) in [6.07, 6.45) is 0.833. The van der Waals surface area contributed by atoms with Crippen molar-refractivity contribution in [1.29, 1.82) is 0 Å². The molecule has 3 rings (SSSR count). The lowest BCUT2D eigenvalue weighted by Crippen LogP contribution is -2.17. The van der Waals surface area contributed by atoms with Crippen LogP contribution in [0.3, 0.4) is 0 Å². The number of methoxy groups -OCH3 is 1. The summed E-state index contributed by atoms with van der Waals surface area (Å²) >= 11 is 0. The molecule has 0 aliphatic rings. The minimum atomic E-state index is -4.05. The zero-order valence-electron chi connectivity index (χ0n) is 17.4. The Morgan fingerprint density at radius 1 is 1.03 bits per heavy atom. The van der Waals surface area contributed by atoms with Gasteiger partial charge in [-0.15, -0.1) is 0 Å². The summed E-state index contributed by atoms with van der Waals surface area (Å²) in [5, 5.41) is 2.46. The van der Waals surface area contributed by atoms with E-state index in [1.807, 2.05) is 19.1 Å². The van der Waals surface area contributed by atoms with E-state index in [-0.39, 0.29) is 21.9 Å². The summed E-state index contributed by atoms with van der Waals surface area (Å²) in [5.41, 5.74) is 2.22. The van der Waals surface area contributed by atoms with Gasteiger partial charge in [-0.2, -0.15) is 0 Å². The van der Waals surface area contributed by atoms with Gasteiger partial charge in [-0.25, -0.2) is 12.8 Å². The number of ether oxygens (including phenoxy) is 1. The lowest BCUT2D eigenvalue weighted by molar-refractivity contribution is 0.102. The number of sulfonamides is 1. The van der Waals surface area contributed by atoms with E-state index >= 15 is 0 Å². The Morgan fingerprint density at radius 2 is 1.74 bits per heavy atom. The van der Waals surface area contributed by atoms with E-state index in [1.54, 1.807) is 25.1 Å². The quantitative estimate of drug-likeness (QED) is 0.553. The minimum absolute atomic E-state index is 0.00460. The second-order valence-corrected chi connectivity index (χ2v) is 8.61. The highest BCUT2D eigenvalue weighted by atomic mass is 32.2. The van der Waals surface area contributed by atoms with E-state index in [4.69, 9.17) is 4.74 Å². The molecule has 0 spiro atoms. The number of anilines is 2. The molecular formula is C23H23FN2O4S. The molecule has 1 amide bonds. The second kappa shape index (κ2) is 9.18. The van der Waals surface area contributed by atoms with Crippen molar-refractivity contribution in [3.63, 3.8) is 0 Å². The zero-order valence-corrected chi connectivity index (χ0v) is 18.2. The van der Waals surface area contributed by atoms with Crippen LogP contribution in [0.15, 0.2) is 65.6 Å². The van der Waals surface area contributed by atoms with Crippen LogP contribution in [0, 0.1) is 12.7 Å². The third-order valence-electron chi connectivity index (χ3n) is 4.70. The maximum absolute atomic E-state index is 14.1. The van der Waals surface area contributed by atoms with Gasteiger partial charge < -0.3 is 10.1 Å². The molecule has 162 valence electrons. The molecule has 3 aromatic rings. The number of carbonyl (C=O) groups excluding carboxylic acids is 1. The molecule has 0 saturated carbocycles. The Hall–Kier alpha value is -3.39. The Kier molecular flexibility index (Phi) is 6.60. The molecule has 0 bridgehead atoms. The zero-order chi connectivity index (χ0) is 22.6. The van der Waals surface area contributed by atoms with Crippen LogP contribution in [0.1, 0.15) is 28.4 Å². The van der Waals surface area contributed by atoms with E-state index in [2.05, 4.69) is 10.0 Å². The molecule has 0 saturated heterocycles. The summed E-state index contributed by atoms with van der Waals surface area (Å²) in [4.78, 5) is 12.4. The van der Waals surface area contributed by atoms with E-state index < -0.39 is 21.7 Å². The van der Waals surface area contributed by atoms with Gasteiger partial charge in [0.15, 0.2) is 0 Å². The smallest absolute Gasteiger partial charge is 0.265 e. The van der Waals surface area contributed by atoms with Gasteiger partial charge in [0.25, 0.3) is 15.9 Å². The molecule has 0 aliphatic heterocycles. The van der Waals surface area contributed by atoms with Crippen molar-refractivity contribution in [3.8, 4) is 5.75 Å². The van der Waals surface area contributed by atoms with Crippen molar-refractivity contribution in [3.05, 3.63) is 83.2 Å². The number of benzene rings is 3. The standard InChI is InChI=1S/C23H23FN2O4S/c1-4-16-6-9-18(10-7-16)26-31(28,29)22-14-17(8-12-21(22)30-3)23(27)25-20-11-5-15(2)13-19(20)24/h5-14,26H,4H2,1-3H3,(H,25,27). The van der Waals surface area contributed by atoms with Crippen molar-refractivity contribution < 1.29 is 22.3 Å². The van der Waals surface area contributed by atoms with Gasteiger partial charge in [-0.3, -0.25) is 9.52 Å². The lowest BCUT2D eigenvalue weighted by atomic mass is 10.1. The van der Waals surface area contributed by atoms with Crippen LogP contribution in [0.5, 0.6) is 5.75 Å². The largest absolute Gasteiger partial charge is 0.495 e. The highest BCUT2D eigenvalue weighted by Gasteiger charge is 2.22. The second-order valence-electron chi connectivity index (χ2n) is 6.96. The molecule has 0 heterocycles. The molecule has 0 unspecified atom stereocenters. The van der Waals surface area contributed by atoms with Gasteiger partial charge in [0.2, 0.25) is 0 Å². The van der Waals surface area contributed by atoms with Gasteiger partial charge in [0, 0.05) is 11.3 Å². The fourth-order valence-corrected chi connectivity index (χ4v) is 4.22. The van der Waals surface area contributed by atoms with Crippen LogP contribution in [0.25, 0.3) is 0 Å². The Bertz CT molecular complexity index is 1210. The predicted molar refractivity (Wildman–Crippen MR) is 119 cm³/mol. The summed E-state index contributed by atoms with van der Waals surface area (Å²) in [6, 6.07) is 15.4. The van der Waals surface area contributed by atoms with Crippen LogP contribution in [-0.2, 0) is 16.4 Å². The molecule has 0 aliphatic carbocycles. The maximum atomic E-state index is 14.1. The maximum Gasteiger partial charge on any atom is 0.265 e. The summed E-state index contributed by atoms with van der Waals surface area (Å²) in [6.45, 7) is 3.74. The van der Waals surface area contributed by atoms with E-state index in [0.29, 0.717) is 11.3 Å². The molecule has 3 aromatic carbocycles. The summed E-state index contributed by atoms with van der Waals surface area (Å²) in [7, 11) is -2.71. The average Bonchev–Trinajstić information content (AvgIpc) is 2.75. The van der Waals surface area contributed by atoms with Gasteiger partial charge in [-0.05, 0) is 66.9 Å². The molecule has 31 heavy (non-hydrogen) atoms. The fourth-order valence-electron chi connectivity index (χ4n) is 2.96. The van der Waals surface area contributed by atoms with Crippen LogP contribution < -0.4 is 14.8 Å². The van der Waals surface area contributed by atoms with E-state index in [0.717, 1.165) is 12.0 Å². The minimum Gasteiger partial charge on any atom is -0.495 e. The van der Waals surface area contributed by atoms with Crippen LogP contribution in [0.4, 0.5) is 15.8 Å². The first-order valence-corrected chi connectivity index (χ1v) is 11.1. The van der Waals surface area contributed by atoms with Crippen molar-refractivity contribution >= 4 is 27.3 Å². The number of hydrogen-bond acceptors (Lipinski definition) is 4. The number of carbonyl (C=O) groups is 1. The van der Waals surface area contributed by atoms with Gasteiger partial charge in [0.05, 0.1) is 12.8 Å². The molecule has 8 heteroatoms. The van der Waals surface area contributed by atoms with Gasteiger partial charge in [-0.1, -0.05) is 25.1 Å². The highest BCUT2D eigenvalue weighted by molar-refractivity contribution is 7.92. The number of hydrogen-bond donors (Lipinski definition) is 2. The Morgan fingerprint density at radius 3 is 2.35 bits per heavy atom. The van der Waals surface area contributed by atoms with Crippen LogP contribution >= 0.6 is 0 Å². The monoisotopic (exact) mass is 442 g/mol. The van der Waals surface area contributed by atoms with Crippen molar-refractivity contribution in [2.75, 3.05) is 17.1 Å². The summed E-state index contributed by atoms with van der Waals surface area (Å²) < 4.78 is 47.7. The molecule has 0 atom stereocenters. The normalized spacial score (nSPS) is 11.1. The number of amides is 1. The van der Waals surface area contributed by atoms with Crippen molar-refractivity contribution in [2.45, 2.75) is 25.2 Å². The molecule has 0 aromatic heterocycles. The van der Waals surface area contributed by atoms with Crippen molar-refractivity contribution in [1.82, 2.24) is 0 Å².